The summed E-state index contributed by atoms with van der Waals surface area (Å²) >= 11 is 0. The molecule has 0 bridgehead atoms. The van der Waals surface area contributed by atoms with Crippen molar-refractivity contribution in [2.24, 2.45) is 0 Å². The van der Waals surface area contributed by atoms with Crippen molar-refractivity contribution in [2.75, 3.05) is 0 Å². The second kappa shape index (κ2) is 13.2. The third-order valence-corrected chi connectivity index (χ3v) is 2.88. The van der Waals surface area contributed by atoms with Gasteiger partial charge in [0.1, 0.15) is 0 Å². The Morgan fingerprint density at radius 2 is 0.929 bits per heavy atom. The molecular weight excluding hydrogens is 310 g/mol. The van der Waals surface area contributed by atoms with Crippen molar-refractivity contribution in [3.8, 4) is 0 Å². The molecule has 0 heterocycles. The predicted octanol–water partition coefficient (Wildman–Crippen LogP) is -15.1. The van der Waals surface area contributed by atoms with Crippen LogP contribution in [0.3, 0.4) is 0 Å². The summed E-state index contributed by atoms with van der Waals surface area (Å²) in [5.74, 6) is 0. The van der Waals surface area contributed by atoms with E-state index >= 15 is 0 Å². The first-order valence-electron chi connectivity index (χ1n) is 1.75. The number of rotatable bonds is 2. The fraction of sp³-hybridized carbons (Fsp3) is 0. The molecule has 0 atom stereocenters. The molecule has 0 aliphatic heterocycles. The second-order valence-electron chi connectivity index (χ2n) is 1.28. The van der Waals surface area contributed by atoms with Crippen LogP contribution in [-0.4, -0.2) is 5.27 Å². The molecule has 0 aromatic rings. The van der Waals surface area contributed by atoms with Crippen LogP contribution in [0.1, 0.15) is 0 Å². The van der Waals surface area contributed by atoms with Gasteiger partial charge >= 0.3 is 162 Å². The normalized spacial score (nSPS) is 9.43. The summed E-state index contributed by atoms with van der Waals surface area (Å²) in [4.78, 5) is 47.8. The van der Waals surface area contributed by atoms with Crippen molar-refractivity contribution in [3.63, 3.8) is 0 Å². The largest absolute Gasteiger partial charge is 1.00 e. The van der Waals surface area contributed by atoms with Gasteiger partial charge in [-0.1, -0.05) is 0 Å². The molecule has 0 aromatic heterocycles. The first kappa shape index (κ1) is 31.6. The van der Waals surface area contributed by atoms with Crippen LogP contribution in [0, 0.1) is 0 Å². The minimum Gasteiger partial charge on any atom is -0.805 e. The fourth-order valence-electron chi connectivity index (χ4n) is 0.150. The maximum atomic E-state index is 9.71. The second-order valence-corrected chi connectivity index (χ2v) is 4.43. The van der Waals surface area contributed by atoms with Gasteiger partial charge in [0, 0.05) is 15.2 Å². The van der Waals surface area contributed by atoms with E-state index in [0.29, 0.717) is 0 Å². The van der Waals surface area contributed by atoms with E-state index < -0.39 is 20.5 Å². The Bertz CT molecular complexity index is 220. The Morgan fingerprint density at radius 3 is 0.929 bits per heavy atom. The zero-order chi connectivity index (χ0) is 8.58. The van der Waals surface area contributed by atoms with Gasteiger partial charge in [0.2, 0.25) is 0 Å². The van der Waals surface area contributed by atoms with Crippen LogP contribution in [0.2, 0.25) is 0 Å². The molecule has 0 fully saturated rings. The Kier molecular flexibility index (Phi) is 29.8. The molecule has 0 amide bonds. The van der Waals surface area contributed by atoms with E-state index in [0.717, 1.165) is 0 Å². The molecule has 14 heavy (non-hydrogen) atoms. The molecule has 13 heteroatoms. The molecule has 0 aromatic carbocycles. The van der Waals surface area contributed by atoms with Gasteiger partial charge in [-0.2, -0.15) is 0 Å². The Hall–Kier alpha value is 5.24. The molecule has 0 saturated carbocycles. The van der Waals surface area contributed by atoms with Gasteiger partial charge in [-0.15, -0.1) is 0 Å². The van der Waals surface area contributed by atoms with Crippen molar-refractivity contribution in [1.82, 2.24) is 0 Å². The average molecular weight is 310 g/mol. The minimum absolute atomic E-state index is 0. The van der Waals surface area contributed by atoms with Gasteiger partial charge in [0.15, 0.2) is 5.27 Å². The van der Waals surface area contributed by atoms with Crippen molar-refractivity contribution in [2.45, 2.75) is 0 Å². The molecular formula is CK2Na2O7P2. The number of hydrogen-bond donors (Lipinski definition) is 0. The zero-order valence-electron chi connectivity index (χ0n) is 8.25. The van der Waals surface area contributed by atoms with Gasteiger partial charge in [-0.25, -0.2) is 0 Å². The third kappa shape index (κ3) is 15.3. The van der Waals surface area contributed by atoms with Gasteiger partial charge in [-0.3, -0.25) is 4.79 Å². The van der Waals surface area contributed by atoms with E-state index in [-0.39, 0.29) is 162 Å². The monoisotopic (exact) mass is 310 g/mol. The quantitative estimate of drug-likeness (QED) is 0.364. The summed E-state index contributed by atoms with van der Waals surface area (Å²) in [5.41, 5.74) is 0. The van der Waals surface area contributed by atoms with Crippen LogP contribution in [0.5, 0.6) is 0 Å². The SMILES string of the molecule is O=C(P(=O)([O-])[O-])P(=O)([O-])[O-].[K+].[K+].[Na+].[Na+]. The van der Waals surface area contributed by atoms with Crippen LogP contribution >= 0.6 is 15.2 Å². The van der Waals surface area contributed by atoms with Crippen molar-refractivity contribution >= 4 is 20.5 Å². The predicted molar refractivity (Wildman–Crippen MR) is 20.6 cm³/mol. The third-order valence-electron chi connectivity index (χ3n) is 0.469. The Labute approximate surface area is 210 Å². The van der Waals surface area contributed by atoms with Gasteiger partial charge in [0.05, 0.1) is 0 Å². The van der Waals surface area contributed by atoms with E-state index in [1.165, 1.54) is 0 Å². The minimum atomic E-state index is -5.91. The molecule has 0 radical (unpaired) electrons. The molecule has 7 nitrogen and oxygen atoms in total. The summed E-state index contributed by atoms with van der Waals surface area (Å²) in [6.45, 7) is 0. The zero-order valence-corrected chi connectivity index (χ0v) is 20.3. The molecule has 60 valence electrons. The van der Waals surface area contributed by atoms with E-state index in [2.05, 4.69) is 0 Å². The summed E-state index contributed by atoms with van der Waals surface area (Å²) in [6.07, 6.45) is 0. The molecule has 0 unspecified atom stereocenters. The summed E-state index contributed by atoms with van der Waals surface area (Å²) in [5, 5.41) is -2.79. The van der Waals surface area contributed by atoms with Crippen LogP contribution in [0.4, 0.5) is 4.79 Å². The molecule has 0 N–H and O–H groups in total. The van der Waals surface area contributed by atoms with Crippen LogP contribution in [0.15, 0.2) is 0 Å². The standard InChI is InChI=1S/CH4O7P2.2K.2Na/c2-1(9(3,4)5)10(6,7)8;;;;/h(H2,3,4,5)(H2,6,7,8);;;;/q;4*+1/p-4. The smallest absolute Gasteiger partial charge is 0.805 e. The van der Waals surface area contributed by atoms with Crippen LogP contribution in [-0.2, 0) is 9.13 Å². The Morgan fingerprint density at radius 1 is 0.786 bits per heavy atom. The van der Waals surface area contributed by atoms with Gasteiger partial charge in [-0.05, 0) is 0 Å². The first-order chi connectivity index (χ1) is 4.15. The van der Waals surface area contributed by atoms with Crippen molar-refractivity contribution in [1.29, 1.82) is 0 Å². The fourth-order valence-corrected chi connectivity index (χ4v) is 1.35. The topological polar surface area (TPSA) is 143 Å². The number of hydrogen-bond acceptors (Lipinski definition) is 7. The van der Waals surface area contributed by atoms with E-state index in [1.807, 2.05) is 0 Å². The molecule has 0 saturated heterocycles. The van der Waals surface area contributed by atoms with E-state index in [1.54, 1.807) is 0 Å². The summed E-state index contributed by atoms with van der Waals surface area (Å²) in [7, 11) is -11.8. The van der Waals surface area contributed by atoms with Crippen LogP contribution < -0.4 is 181 Å². The molecule has 0 aliphatic carbocycles. The number of carbonyl (C=O) groups excluding carboxylic acids is 1. The summed E-state index contributed by atoms with van der Waals surface area (Å²) in [6, 6.07) is 0. The number of carbonyl (C=O) groups is 1. The van der Waals surface area contributed by atoms with E-state index in [9.17, 15) is 33.5 Å². The Balaban J connectivity index is -0.0000000675. The van der Waals surface area contributed by atoms with Crippen molar-refractivity contribution < 1.29 is 195 Å². The average Bonchev–Trinajstić information content (AvgIpc) is 1.59. The van der Waals surface area contributed by atoms with E-state index in [4.69, 9.17) is 0 Å². The van der Waals surface area contributed by atoms with Crippen LogP contribution in [0.25, 0.3) is 0 Å². The van der Waals surface area contributed by atoms with Gasteiger partial charge < -0.3 is 28.7 Å². The molecule has 0 spiro atoms. The molecule has 0 aliphatic rings. The van der Waals surface area contributed by atoms with Crippen molar-refractivity contribution in [3.05, 3.63) is 0 Å². The first-order valence-corrected chi connectivity index (χ1v) is 4.83. The molecule has 0 rings (SSSR count). The maximum absolute atomic E-state index is 9.71. The summed E-state index contributed by atoms with van der Waals surface area (Å²) < 4.78 is 19.1. The van der Waals surface area contributed by atoms with Gasteiger partial charge in [0.25, 0.3) is 0 Å². The maximum Gasteiger partial charge on any atom is 1.00 e.